The Labute approximate surface area is 116 Å². The highest BCUT2D eigenvalue weighted by Crippen LogP contribution is 2.11. The number of carbonyl (C=O) groups excluding carboxylic acids is 2. The van der Waals surface area contributed by atoms with Crippen molar-refractivity contribution in [1.29, 1.82) is 0 Å². The van der Waals surface area contributed by atoms with Crippen LogP contribution in [0.4, 0.5) is 0 Å². The van der Waals surface area contributed by atoms with Gasteiger partial charge in [-0.1, -0.05) is 13.8 Å². The van der Waals surface area contributed by atoms with E-state index in [2.05, 4.69) is 5.32 Å². The maximum atomic E-state index is 11.8. The summed E-state index contributed by atoms with van der Waals surface area (Å²) in [6.45, 7) is 10.1. The number of amides is 1. The molecule has 112 valence electrons. The topological polar surface area (TPSA) is 64.6 Å². The number of hydrogen-bond donors (Lipinski definition) is 1. The summed E-state index contributed by atoms with van der Waals surface area (Å²) in [7, 11) is 1.47. The van der Waals surface area contributed by atoms with E-state index in [0.29, 0.717) is 18.9 Å². The molecule has 0 fully saturated rings. The zero-order valence-electron chi connectivity index (χ0n) is 12.9. The molecule has 1 atom stereocenters. The van der Waals surface area contributed by atoms with Crippen LogP contribution >= 0.6 is 0 Å². The van der Waals surface area contributed by atoms with Crippen molar-refractivity contribution in [3.63, 3.8) is 0 Å². The van der Waals surface area contributed by atoms with Gasteiger partial charge in [0.2, 0.25) is 5.91 Å². The third-order valence-electron chi connectivity index (χ3n) is 2.29. The van der Waals surface area contributed by atoms with Gasteiger partial charge in [-0.25, -0.2) is 0 Å². The van der Waals surface area contributed by atoms with Gasteiger partial charge in [-0.3, -0.25) is 9.59 Å². The van der Waals surface area contributed by atoms with Crippen molar-refractivity contribution in [1.82, 2.24) is 5.32 Å². The van der Waals surface area contributed by atoms with Gasteiger partial charge in [0.1, 0.15) is 11.7 Å². The fraction of sp³-hybridized carbons (Fsp3) is 0.857. The van der Waals surface area contributed by atoms with E-state index in [0.717, 1.165) is 0 Å². The first-order valence-corrected chi connectivity index (χ1v) is 6.68. The molecule has 0 saturated carbocycles. The van der Waals surface area contributed by atoms with Crippen molar-refractivity contribution in [2.24, 2.45) is 5.92 Å². The number of rotatable bonds is 7. The Kier molecular flexibility index (Phi) is 7.68. The molecule has 0 saturated heterocycles. The third-order valence-corrected chi connectivity index (χ3v) is 2.29. The Morgan fingerprint density at radius 3 is 2.21 bits per heavy atom. The molecule has 0 aromatic rings. The highest BCUT2D eigenvalue weighted by Gasteiger charge is 2.21. The van der Waals surface area contributed by atoms with Gasteiger partial charge in [0.05, 0.1) is 0 Å². The monoisotopic (exact) mass is 273 g/mol. The first-order valence-electron chi connectivity index (χ1n) is 6.68. The standard InChI is InChI=1S/C14H27NO4/c1-10(2)9-15-13(17)11(18-6)7-8-12(16)19-14(3,4)5/h10-11H,7-9H2,1-6H3,(H,15,17)/t11-/m1/s1. The van der Waals surface area contributed by atoms with Gasteiger partial charge in [-0.15, -0.1) is 0 Å². The molecule has 0 aliphatic heterocycles. The summed E-state index contributed by atoms with van der Waals surface area (Å²) in [5.41, 5.74) is -0.500. The summed E-state index contributed by atoms with van der Waals surface area (Å²) in [6, 6.07) is 0. The van der Waals surface area contributed by atoms with E-state index in [1.807, 2.05) is 34.6 Å². The molecule has 0 radical (unpaired) electrons. The fourth-order valence-electron chi connectivity index (χ4n) is 1.42. The van der Waals surface area contributed by atoms with E-state index in [1.54, 1.807) is 0 Å². The second-order valence-corrected chi connectivity index (χ2v) is 5.99. The Bertz CT molecular complexity index is 294. The van der Waals surface area contributed by atoms with E-state index in [4.69, 9.17) is 9.47 Å². The number of hydrogen-bond acceptors (Lipinski definition) is 4. The zero-order chi connectivity index (χ0) is 15.1. The van der Waals surface area contributed by atoms with Gasteiger partial charge in [-0.05, 0) is 33.1 Å². The molecular weight excluding hydrogens is 246 g/mol. The van der Waals surface area contributed by atoms with Crippen molar-refractivity contribution in [3.05, 3.63) is 0 Å². The van der Waals surface area contributed by atoms with E-state index in [9.17, 15) is 9.59 Å². The summed E-state index contributed by atoms with van der Waals surface area (Å²) < 4.78 is 10.3. The Morgan fingerprint density at radius 1 is 1.21 bits per heavy atom. The number of ether oxygens (including phenoxy) is 2. The predicted molar refractivity (Wildman–Crippen MR) is 73.7 cm³/mol. The van der Waals surface area contributed by atoms with Crippen LogP contribution in [0, 0.1) is 5.92 Å². The van der Waals surface area contributed by atoms with Crippen LogP contribution in [-0.4, -0.2) is 37.2 Å². The van der Waals surface area contributed by atoms with Crippen LogP contribution < -0.4 is 5.32 Å². The van der Waals surface area contributed by atoms with E-state index in [1.165, 1.54) is 7.11 Å². The van der Waals surface area contributed by atoms with Gasteiger partial charge in [0, 0.05) is 20.1 Å². The number of methoxy groups -OCH3 is 1. The first kappa shape index (κ1) is 17.9. The first-order chi connectivity index (χ1) is 8.65. The maximum absolute atomic E-state index is 11.8. The summed E-state index contributed by atoms with van der Waals surface area (Å²) in [4.78, 5) is 23.3. The van der Waals surface area contributed by atoms with Crippen LogP contribution in [0.15, 0.2) is 0 Å². The molecule has 0 bridgehead atoms. The molecule has 0 aromatic heterocycles. The minimum absolute atomic E-state index is 0.172. The highest BCUT2D eigenvalue weighted by molar-refractivity contribution is 5.81. The molecule has 0 heterocycles. The molecule has 5 heteroatoms. The van der Waals surface area contributed by atoms with Crippen LogP contribution in [0.5, 0.6) is 0 Å². The van der Waals surface area contributed by atoms with E-state index < -0.39 is 11.7 Å². The molecule has 0 aliphatic carbocycles. The molecule has 1 amide bonds. The van der Waals surface area contributed by atoms with Crippen LogP contribution in [0.1, 0.15) is 47.5 Å². The second-order valence-electron chi connectivity index (χ2n) is 5.99. The summed E-state index contributed by atoms with van der Waals surface area (Å²) in [6.07, 6.45) is -0.105. The van der Waals surface area contributed by atoms with Crippen molar-refractivity contribution in [2.75, 3.05) is 13.7 Å². The maximum Gasteiger partial charge on any atom is 0.306 e. The largest absolute Gasteiger partial charge is 0.460 e. The van der Waals surface area contributed by atoms with Gasteiger partial charge < -0.3 is 14.8 Å². The van der Waals surface area contributed by atoms with Crippen LogP contribution in [0.3, 0.4) is 0 Å². The number of carbonyl (C=O) groups is 2. The molecular formula is C14H27NO4. The Hall–Kier alpha value is -1.10. The molecule has 0 aliphatic rings. The second kappa shape index (κ2) is 8.15. The Morgan fingerprint density at radius 2 is 1.79 bits per heavy atom. The number of esters is 1. The molecule has 0 spiro atoms. The van der Waals surface area contributed by atoms with Crippen LogP contribution in [0.25, 0.3) is 0 Å². The molecule has 0 rings (SSSR count). The average molecular weight is 273 g/mol. The van der Waals surface area contributed by atoms with Crippen molar-refractivity contribution >= 4 is 11.9 Å². The molecule has 0 aromatic carbocycles. The lowest BCUT2D eigenvalue weighted by molar-refractivity contribution is -0.155. The summed E-state index contributed by atoms with van der Waals surface area (Å²) >= 11 is 0. The van der Waals surface area contributed by atoms with Crippen LogP contribution in [0.2, 0.25) is 0 Å². The Balaban J connectivity index is 4.12. The van der Waals surface area contributed by atoms with Gasteiger partial charge in [0.15, 0.2) is 0 Å². The minimum Gasteiger partial charge on any atom is -0.460 e. The van der Waals surface area contributed by atoms with Crippen LogP contribution in [-0.2, 0) is 19.1 Å². The van der Waals surface area contributed by atoms with Gasteiger partial charge in [0.25, 0.3) is 0 Å². The SMILES string of the molecule is CO[C@H](CCC(=O)OC(C)(C)C)C(=O)NCC(C)C. The normalized spacial score (nSPS) is 13.2. The van der Waals surface area contributed by atoms with Crippen molar-refractivity contribution in [3.8, 4) is 0 Å². The smallest absolute Gasteiger partial charge is 0.306 e. The zero-order valence-corrected chi connectivity index (χ0v) is 12.9. The molecule has 5 nitrogen and oxygen atoms in total. The molecule has 19 heavy (non-hydrogen) atoms. The molecule has 0 unspecified atom stereocenters. The van der Waals surface area contributed by atoms with E-state index in [-0.39, 0.29) is 18.3 Å². The number of nitrogens with one attached hydrogen (secondary N) is 1. The fourth-order valence-corrected chi connectivity index (χ4v) is 1.42. The quantitative estimate of drug-likeness (QED) is 0.719. The summed E-state index contributed by atoms with van der Waals surface area (Å²) in [5, 5.41) is 2.79. The predicted octanol–water partition coefficient (Wildman–Crippen LogP) is 1.90. The van der Waals surface area contributed by atoms with Crippen molar-refractivity contribution in [2.45, 2.75) is 59.2 Å². The lowest BCUT2D eigenvalue weighted by Crippen LogP contribution is -2.38. The average Bonchev–Trinajstić information content (AvgIpc) is 2.24. The lowest BCUT2D eigenvalue weighted by atomic mass is 10.1. The third kappa shape index (κ3) is 9.47. The van der Waals surface area contributed by atoms with Gasteiger partial charge >= 0.3 is 5.97 Å². The van der Waals surface area contributed by atoms with Crippen molar-refractivity contribution < 1.29 is 19.1 Å². The highest BCUT2D eigenvalue weighted by atomic mass is 16.6. The minimum atomic E-state index is -0.605. The van der Waals surface area contributed by atoms with E-state index >= 15 is 0 Å². The van der Waals surface area contributed by atoms with Gasteiger partial charge in [-0.2, -0.15) is 0 Å². The summed E-state index contributed by atoms with van der Waals surface area (Å²) in [5.74, 6) is -0.113. The molecule has 1 N–H and O–H groups in total. The lowest BCUT2D eigenvalue weighted by Gasteiger charge is -2.20.